The van der Waals surface area contributed by atoms with Crippen LogP contribution in [0.25, 0.3) is 0 Å². The molecule has 0 amide bonds. The van der Waals surface area contributed by atoms with Crippen molar-refractivity contribution in [3.63, 3.8) is 0 Å². The van der Waals surface area contributed by atoms with E-state index in [1.807, 2.05) is 20.8 Å². The zero-order chi connectivity index (χ0) is 13.3. The molecule has 1 atom stereocenters. The molecule has 5 nitrogen and oxygen atoms in total. The Bertz CT molecular complexity index is 277. The van der Waals surface area contributed by atoms with E-state index in [9.17, 15) is 8.42 Å². The number of aliphatic hydroxyl groups is 1. The van der Waals surface area contributed by atoms with Gasteiger partial charge in [-0.05, 0) is 26.2 Å². The zero-order valence-corrected chi connectivity index (χ0v) is 11.8. The van der Waals surface area contributed by atoms with Crippen molar-refractivity contribution in [3.8, 4) is 0 Å². The van der Waals surface area contributed by atoms with Gasteiger partial charge in [-0.2, -0.15) is 0 Å². The second kappa shape index (κ2) is 8.85. The summed E-state index contributed by atoms with van der Waals surface area (Å²) in [5, 5.41) is 8.80. The van der Waals surface area contributed by atoms with Gasteiger partial charge in [0.2, 0.25) is 10.0 Å². The summed E-state index contributed by atoms with van der Waals surface area (Å²) in [5.74, 6) is 0.182. The van der Waals surface area contributed by atoms with Gasteiger partial charge >= 0.3 is 0 Å². The van der Waals surface area contributed by atoms with Gasteiger partial charge in [-0.15, -0.1) is 0 Å². The molecule has 0 bridgehead atoms. The molecule has 0 spiro atoms. The number of hydrogen-bond donors (Lipinski definition) is 2. The summed E-state index contributed by atoms with van der Waals surface area (Å²) in [6.45, 7) is 6.42. The second-order valence-electron chi connectivity index (χ2n) is 4.37. The summed E-state index contributed by atoms with van der Waals surface area (Å²) in [4.78, 5) is 0. The van der Waals surface area contributed by atoms with Crippen molar-refractivity contribution in [3.05, 3.63) is 0 Å². The van der Waals surface area contributed by atoms with Gasteiger partial charge in [0.1, 0.15) is 0 Å². The highest BCUT2D eigenvalue weighted by Crippen LogP contribution is 2.06. The summed E-state index contributed by atoms with van der Waals surface area (Å²) in [6, 6.07) is 0. The van der Waals surface area contributed by atoms with Crippen LogP contribution in [0, 0.1) is 5.92 Å². The highest BCUT2D eigenvalue weighted by molar-refractivity contribution is 7.89. The average molecular weight is 267 g/mol. The molecule has 0 aromatic rings. The first-order chi connectivity index (χ1) is 7.91. The van der Waals surface area contributed by atoms with E-state index in [0.29, 0.717) is 13.0 Å². The molecule has 1 unspecified atom stereocenters. The Kier molecular flexibility index (Phi) is 8.77. The standard InChI is InChI=1S/C11H25NO4S/c1-4-11(5-6-13)9-12-17(14,15)8-7-16-10(2)3/h10-13H,4-9H2,1-3H3. The number of rotatable bonds is 10. The molecule has 0 aromatic carbocycles. The minimum absolute atomic E-state index is 0.0132. The van der Waals surface area contributed by atoms with E-state index >= 15 is 0 Å². The molecule has 17 heavy (non-hydrogen) atoms. The lowest BCUT2D eigenvalue weighted by Gasteiger charge is -2.15. The molecule has 0 aromatic heterocycles. The first-order valence-corrected chi connectivity index (χ1v) is 7.76. The fourth-order valence-electron chi connectivity index (χ4n) is 1.34. The predicted octanol–water partition coefficient (Wildman–Crippen LogP) is 0.739. The van der Waals surface area contributed by atoms with Crippen LogP contribution in [-0.2, 0) is 14.8 Å². The third-order valence-corrected chi connectivity index (χ3v) is 3.82. The molecule has 104 valence electrons. The average Bonchev–Trinajstić information content (AvgIpc) is 2.23. The van der Waals surface area contributed by atoms with Gasteiger partial charge in [-0.3, -0.25) is 0 Å². The van der Waals surface area contributed by atoms with Crippen LogP contribution in [0.15, 0.2) is 0 Å². The van der Waals surface area contributed by atoms with E-state index in [1.165, 1.54) is 0 Å². The fourth-order valence-corrected chi connectivity index (χ4v) is 2.29. The van der Waals surface area contributed by atoms with Crippen LogP contribution in [0.5, 0.6) is 0 Å². The van der Waals surface area contributed by atoms with Crippen LogP contribution in [0.1, 0.15) is 33.6 Å². The summed E-state index contributed by atoms with van der Waals surface area (Å²) >= 11 is 0. The lowest BCUT2D eigenvalue weighted by atomic mass is 10.0. The quantitative estimate of drug-likeness (QED) is 0.612. The van der Waals surface area contributed by atoms with E-state index in [4.69, 9.17) is 9.84 Å². The lowest BCUT2D eigenvalue weighted by Crippen LogP contribution is -2.33. The summed E-state index contributed by atoms with van der Waals surface area (Å²) in [6.07, 6.45) is 1.52. The van der Waals surface area contributed by atoms with Crippen LogP contribution in [0.3, 0.4) is 0 Å². The van der Waals surface area contributed by atoms with Crippen LogP contribution < -0.4 is 4.72 Å². The van der Waals surface area contributed by atoms with E-state index in [2.05, 4.69) is 4.72 Å². The maximum Gasteiger partial charge on any atom is 0.213 e. The molecule has 2 N–H and O–H groups in total. The topological polar surface area (TPSA) is 75.6 Å². The Labute approximate surface area is 105 Å². The molecule has 0 aliphatic rings. The van der Waals surface area contributed by atoms with Crippen molar-refractivity contribution in [1.82, 2.24) is 4.72 Å². The Morgan fingerprint density at radius 1 is 1.35 bits per heavy atom. The summed E-state index contributed by atoms with van der Waals surface area (Å²) < 4.78 is 30.9. The van der Waals surface area contributed by atoms with Crippen molar-refractivity contribution in [2.45, 2.75) is 39.7 Å². The van der Waals surface area contributed by atoms with E-state index < -0.39 is 10.0 Å². The second-order valence-corrected chi connectivity index (χ2v) is 6.30. The first-order valence-electron chi connectivity index (χ1n) is 6.11. The Balaban J connectivity index is 3.91. The van der Waals surface area contributed by atoms with Gasteiger partial charge < -0.3 is 9.84 Å². The minimum Gasteiger partial charge on any atom is -0.396 e. The van der Waals surface area contributed by atoms with Crippen molar-refractivity contribution in [2.75, 3.05) is 25.5 Å². The van der Waals surface area contributed by atoms with Gasteiger partial charge in [-0.25, -0.2) is 13.1 Å². The molecule has 0 heterocycles. The van der Waals surface area contributed by atoms with Crippen LogP contribution >= 0.6 is 0 Å². The van der Waals surface area contributed by atoms with Gasteiger partial charge in [0.05, 0.1) is 18.5 Å². The number of sulfonamides is 1. The predicted molar refractivity (Wildman–Crippen MR) is 68.4 cm³/mol. The number of aliphatic hydroxyl groups excluding tert-OH is 1. The van der Waals surface area contributed by atoms with Gasteiger partial charge in [-0.1, -0.05) is 13.3 Å². The van der Waals surface area contributed by atoms with Crippen molar-refractivity contribution >= 4 is 10.0 Å². The number of hydrogen-bond acceptors (Lipinski definition) is 4. The number of nitrogens with one attached hydrogen (secondary N) is 1. The molecular weight excluding hydrogens is 242 g/mol. The maximum atomic E-state index is 11.6. The SMILES string of the molecule is CCC(CCO)CNS(=O)(=O)CCOC(C)C. The normalized spacial score (nSPS) is 14.2. The molecule has 0 aliphatic carbocycles. The van der Waals surface area contributed by atoms with Gasteiger partial charge in [0.15, 0.2) is 0 Å². The third-order valence-electron chi connectivity index (χ3n) is 2.51. The third kappa shape index (κ3) is 9.52. The van der Waals surface area contributed by atoms with Crippen LogP contribution in [0.2, 0.25) is 0 Å². The molecule has 0 saturated heterocycles. The Morgan fingerprint density at radius 3 is 2.47 bits per heavy atom. The highest BCUT2D eigenvalue weighted by Gasteiger charge is 2.13. The van der Waals surface area contributed by atoms with Crippen LogP contribution in [-0.4, -0.2) is 45.1 Å². The van der Waals surface area contributed by atoms with E-state index in [-0.39, 0.29) is 31.0 Å². The fraction of sp³-hybridized carbons (Fsp3) is 1.00. The smallest absolute Gasteiger partial charge is 0.213 e. The Hall–Kier alpha value is -0.170. The van der Waals surface area contributed by atoms with E-state index in [1.54, 1.807) is 0 Å². The van der Waals surface area contributed by atoms with E-state index in [0.717, 1.165) is 6.42 Å². The van der Waals surface area contributed by atoms with Crippen molar-refractivity contribution in [1.29, 1.82) is 0 Å². The van der Waals surface area contributed by atoms with Crippen molar-refractivity contribution < 1.29 is 18.3 Å². The molecule has 0 saturated carbocycles. The molecule has 0 radical (unpaired) electrons. The van der Waals surface area contributed by atoms with Crippen LogP contribution in [0.4, 0.5) is 0 Å². The number of ether oxygens (including phenoxy) is 1. The molecule has 0 fully saturated rings. The monoisotopic (exact) mass is 267 g/mol. The van der Waals surface area contributed by atoms with Crippen molar-refractivity contribution in [2.24, 2.45) is 5.92 Å². The van der Waals surface area contributed by atoms with Gasteiger partial charge in [0, 0.05) is 13.2 Å². The molecular formula is C11H25NO4S. The summed E-state index contributed by atoms with van der Waals surface area (Å²) in [5.41, 5.74) is 0. The maximum absolute atomic E-state index is 11.6. The van der Waals surface area contributed by atoms with Gasteiger partial charge in [0.25, 0.3) is 0 Å². The lowest BCUT2D eigenvalue weighted by molar-refractivity contribution is 0.0911. The largest absolute Gasteiger partial charge is 0.396 e. The zero-order valence-electron chi connectivity index (χ0n) is 11.0. The first kappa shape index (κ1) is 16.8. The summed E-state index contributed by atoms with van der Waals surface area (Å²) in [7, 11) is -3.26. The minimum atomic E-state index is -3.26. The molecule has 6 heteroatoms. The molecule has 0 rings (SSSR count). The Morgan fingerprint density at radius 2 is 2.00 bits per heavy atom. The highest BCUT2D eigenvalue weighted by atomic mass is 32.2. The molecule has 0 aliphatic heterocycles.